The van der Waals surface area contributed by atoms with E-state index in [0.717, 1.165) is 32.0 Å². The summed E-state index contributed by atoms with van der Waals surface area (Å²) >= 11 is 1.77. The van der Waals surface area contributed by atoms with E-state index in [1.54, 1.807) is 11.3 Å². The van der Waals surface area contributed by atoms with Gasteiger partial charge in [0.05, 0.1) is 5.69 Å². The van der Waals surface area contributed by atoms with E-state index in [0.29, 0.717) is 0 Å². The fourth-order valence-corrected chi connectivity index (χ4v) is 3.38. The second kappa shape index (κ2) is 6.10. The zero-order valence-corrected chi connectivity index (χ0v) is 13.2. The summed E-state index contributed by atoms with van der Waals surface area (Å²) in [6.07, 6.45) is 4.90. The summed E-state index contributed by atoms with van der Waals surface area (Å²) in [6.45, 7) is 6.42. The Balaban J connectivity index is 1.59. The van der Waals surface area contributed by atoms with Crippen LogP contribution >= 0.6 is 11.3 Å². The van der Waals surface area contributed by atoms with Gasteiger partial charge in [0, 0.05) is 18.3 Å². The number of aryl methyl sites for hydroxylation is 3. The van der Waals surface area contributed by atoms with Crippen LogP contribution in [0.15, 0.2) is 16.8 Å². The molecule has 0 aliphatic heterocycles. The lowest BCUT2D eigenvalue weighted by Crippen LogP contribution is -2.19. The Labute approximate surface area is 125 Å². The van der Waals surface area contributed by atoms with Crippen LogP contribution < -0.4 is 5.32 Å². The molecule has 1 N–H and O–H groups in total. The second-order valence-electron chi connectivity index (χ2n) is 5.73. The van der Waals surface area contributed by atoms with E-state index in [4.69, 9.17) is 5.10 Å². The van der Waals surface area contributed by atoms with Crippen molar-refractivity contribution in [3.05, 3.63) is 39.3 Å². The third-order valence-corrected chi connectivity index (χ3v) is 4.84. The van der Waals surface area contributed by atoms with Gasteiger partial charge < -0.3 is 5.32 Å². The highest BCUT2D eigenvalue weighted by atomic mass is 32.1. The van der Waals surface area contributed by atoms with Crippen molar-refractivity contribution in [1.29, 1.82) is 0 Å². The number of aromatic nitrogens is 2. The predicted octanol–water partition coefficient (Wildman–Crippen LogP) is 3.10. The maximum absolute atomic E-state index is 4.72. The van der Waals surface area contributed by atoms with Crippen molar-refractivity contribution in [2.45, 2.75) is 52.1 Å². The number of rotatable bonds is 7. The molecule has 1 saturated carbocycles. The van der Waals surface area contributed by atoms with Crippen LogP contribution in [0.1, 0.15) is 35.4 Å². The fourth-order valence-electron chi connectivity index (χ4n) is 2.67. The molecular weight excluding hydrogens is 266 g/mol. The van der Waals surface area contributed by atoms with Gasteiger partial charge in [0.1, 0.15) is 0 Å². The lowest BCUT2D eigenvalue weighted by atomic mass is 10.1. The molecule has 3 nitrogen and oxygen atoms in total. The lowest BCUT2D eigenvalue weighted by molar-refractivity contribution is 0.593. The summed E-state index contributed by atoms with van der Waals surface area (Å²) in [4.78, 5) is 0. The van der Waals surface area contributed by atoms with E-state index >= 15 is 0 Å². The molecule has 3 rings (SSSR count). The second-order valence-corrected chi connectivity index (χ2v) is 6.51. The number of hydrogen-bond donors (Lipinski definition) is 1. The SMILES string of the molecule is Cc1nn(CCc2ccsc2)c(C)c1CCNC1CC1. The zero-order valence-electron chi connectivity index (χ0n) is 12.4. The number of nitrogens with zero attached hydrogens (tertiary/aromatic N) is 2. The molecule has 0 saturated heterocycles. The minimum Gasteiger partial charge on any atom is -0.314 e. The van der Waals surface area contributed by atoms with Crippen molar-refractivity contribution < 1.29 is 0 Å². The quantitative estimate of drug-likeness (QED) is 0.849. The van der Waals surface area contributed by atoms with Gasteiger partial charge in [-0.25, -0.2) is 0 Å². The third-order valence-electron chi connectivity index (χ3n) is 4.11. The van der Waals surface area contributed by atoms with Crippen molar-refractivity contribution in [1.82, 2.24) is 15.1 Å². The minimum atomic E-state index is 0.796. The van der Waals surface area contributed by atoms with Crippen LogP contribution in [-0.4, -0.2) is 22.4 Å². The van der Waals surface area contributed by atoms with Gasteiger partial charge in [-0.1, -0.05) is 0 Å². The molecule has 1 aliphatic rings. The third kappa shape index (κ3) is 3.30. The molecule has 0 radical (unpaired) electrons. The van der Waals surface area contributed by atoms with Gasteiger partial charge in [-0.15, -0.1) is 0 Å². The highest BCUT2D eigenvalue weighted by molar-refractivity contribution is 7.07. The van der Waals surface area contributed by atoms with Crippen LogP contribution in [0.5, 0.6) is 0 Å². The lowest BCUT2D eigenvalue weighted by Gasteiger charge is -2.06. The van der Waals surface area contributed by atoms with E-state index < -0.39 is 0 Å². The molecule has 2 heterocycles. The first kappa shape index (κ1) is 13.8. The summed E-state index contributed by atoms with van der Waals surface area (Å²) in [5, 5.41) is 12.7. The largest absolute Gasteiger partial charge is 0.314 e. The van der Waals surface area contributed by atoms with Crippen molar-refractivity contribution in [3.63, 3.8) is 0 Å². The Morgan fingerprint density at radius 3 is 2.90 bits per heavy atom. The van der Waals surface area contributed by atoms with Crippen LogP contribution in [0.2, 0.25) is 0 Å². The molecule has 0 amide bonds. The number of nitrogens with one attached hydrogen (secondary N) is 1. The van der Waals surface area contributed by atoms with Gasteiger partial charge in [-0.3, -0.25) is 4.68 Å². The molecule has 20 heavy (non-hydrogen) atoms. The molecule has 2 aromatic rings. The molecular formula is C16H23N3S. The summed E-state index contributed by atoms with van der Waals surface area (Å²) in [5.41, 5.74) is 5.39. The molecule has 1 aliphatic carbocycles. The van der Waals surface area contributed by atoms with Gasteiger partial charge in [-0.05, 0) is 74.0 Å². The van der Waals surface area contributed by atoms with Gasteiger partial charge in [0.2, 0.25) is 0 Å². The van der Waals surface area contributed by atoms with E-state index in [-0.39, 0.29) is 0 Å². The predicted molar refractivity (Wildman–Crippen MR) is 84.5 cm³/mol. The first-order valence-corrected chi connectivity index (χ1v) is 8.45. The van der Waals surface area contributed by atoms with E-state index in [9.17, 15) is 0 Å². The van der Waals surface area contributed by atoms with Crippen LogP contribution in [0.3, 0.4) is 0 Å². The van der Waals surface area contributed by atoms with E-state index in [2.05, 4.69) is 40.7 Å². The number of thiophene rings is 1. The van der Waals surface area contributed by atoms with E-state index in [1.165, 1.54) is 35.4 Å². The molecule has 0 atom stereocenters. The van der Waals surface area contributed by atoms with Gasteiger partial charge in [0.15, 0.2) is 0 Å². The number of hydrogen-bond acceptors (Lipinski definition) is 3. The molecule has 0 bridgehead atoms. The van der Waals surface area contributed by atoms with Crippen molar-refractivity contribution in [2.24, 2.45) is 0 Å². The van der Waals surface area contributed by atoms with Crippen molar-refractivity contribution >= 4 is 11.3 Å². The summed E-state index contributed by atoms with van der Waals surface area (Å²) < 4.78 is 2.18. The summed E-state index contributed by atoms with van der Waals surface area (Å²) in [6, 6.07) is 3.00. The van der Waals surface area contributed by atoms with E-state index in [1.807, 2.05) is 0 Å². The van der Waals surface area contributed by atoms with Crippen LogP contribution in [0.25, 0.3) is 0 Å². The van der Waals surface area contributed by atoms with Gasteiger partial charge in [0.25, 0.3) is 0 Å². The molecule has 1 fully saturated rings. The molecule has 0 aromatic carbocycles. The Morgan fingerprint density at radius 2 is 2.20 bits per heavy atom. The maximum Gasteiger partial charge on any atom is 0.0628 e. The summed E-state index contributed by atoms with van der Waals surface area (Å²) in [7, 11) is 0. The highest BCUT2D eigenvalue weighted by Crippen LogP contribution is 2.19. The molecule has 4 heteroatoms. The van der Waals surface area contributed by atoms with Crippen molar-refractivity contribution in [3.8, 4) is 0 Å². The monoisotopic (exact) mass is 289 g/mol. The van der Waals surface area contributed by atoms with Gasteiger partial charge >= 0.3 is 0 Å². The molecule has 0 spiro atoms. The Morgan fingerprint density at radius 1 is 1.35 bits per heavy atom. The van der Waals surface area contributed by atoms with Crippen molar-refractivity contribution in [2.75, 3.05) is 6.54 Å². The molecule has 0 unspecified atom stereocenters. The highest BCUT2D eigenvalue weighted by Gasteiger charge is 2.20. The average molecular weight is 289 g/mol. The van der Waals surface area contributed by atoms with Crippen LogP contribution in [0, 0.1) is 13.8 Å². The Bertz CT molecular complexity index is 553. The van der Waals surface area contributed by atoms with Gasteiger partial charge in [-0.2, -0.15) is 16.4 Å². The maximum atomic E-state index is 4.72. The van der Waals surface area contributed by atoms with Crippen LogP contribution in [0.4, 0.5) is 0 Å². The Hall–Kier alpha value is -1.13. The smallest absolute Gasteiger partial charge is 0.0628 e. The topological polar surface area (TPSA) is 29.9 Å². The normalized spacial score (nSPS) is 14.9. The molecule has 2 aromatic heterocycles. The fraction of sp³-hybridized carbons (Fsp3) is 0.562. The van der Waals surface area contributed by atoms with Crippen LogP contribution in [-0.2, 0) is 19.4 Å². The first-order valence-electron chi connectivity index (χ1n) is 7.51. The first-order chi connectivity index (χ1) is 9.74. The summed E-state index contributed by atoms with van der Waals surface area (Å²) in [5.74, 6) is 0. The minimum absolute atomic E-state index is 0.796. The Kier molecular flexibility index (Phi) is 4.22. The standard InChI is InChI=1S/C16H23N3S/c1-12-16(5-8-17-15-3-4-15)13(2)19(18-12)9-6-14-7-10-20-11-14/h7,10-11,15,17H,3-6,8-9H2,1-2H3. The average Bonchev–Trinajstić information content (AvgIpc) is 3.03. The molecule has 108 valence electrons. The zero-order chi connectivity index (χ0) is 13.9.